The largest absolute Gasteiger partial charge is 0.495 e. The quantitative estimate of drug-likeness (QED) is 0.191. The number of amides is 4. The fourth-order valence-corrected chi connectivity index (χ4v) is 8.27. The monoisotopic (exact) mass is 849 g/mol. The summed E-state index contributed by atoms with van der Waals surface area (Å²) in [5, 5.41) is 10.4. The molecule has 4 amide bonds. The fourth-order valence-electron chi connectivity index (χ4n) is 8.27. The maximum atomic E-state index is 15.3. The molecule has 7 rings (SSSR count). The van der Waals surface area contributed by atoms with Crippen LogP contribution in [-0.4, -0.2) is 128 Å². The van der Waals surface area contributed by atoms with Gasteiger partial charge in [0.05, 0.1) is 31.2 Å². The molecule has 1 aromatic heterocycles. The van der Waals surface area contributed by atoms with Crippen molar-refractivity contribution >= 4 is 58.1 Å². The zero-order chi connectivity index (χ0) is 43.6. The first kappa shape index (κ1) is 43.4. The lowest BCUT2D eigenvalue weighted by atomic mass is 9.94. The molecule has 3 saturated heterocycles. The smallest absolute Gasteiger partial charge is 0.342 e. The van der Waals surface area contributed by atoms with Crippen molar-refractivity contribution in [2.75, 3.05) is 91.8 Å². The molecular weight excluding hydrogens is 796 g/mol. The Bertz CT molecular complexity index is 2140. The third-order valence-corrected chi connectivity index (χ3v) is 12.0. The van der Waals surface area contributed by atoms with Crippen LogP contribution in [0.15, 0.2) is 36.5 Å². The normalized spacial score (nSPS) is 20.3. The Morgan fingerprint density at radius 2 is 1.74 bits per heavy atom. The number of carbonyl (C=O) groups is 4. The molecular formula is C42H54F3N11O5. The van der Waals surface area contributed by atoms with Gasteiger partial charge in [-0.3, -0.25) is 34.8 Å². The number of hydrogen-bond acceptors (Lipinski definition) is 13. The van der Waals surface area contributed by atoms with Crippen molar-refractivity contribution in [3.63, 3.8) is 0 Å². The van der Waals surface area contributed by atoms with Crippen molar-refractivity contribution in [2.45, 2.75) is 70.9 Å². The Hall–Kier alpha value is -5.69. The summed E-state index contributed by atoms with van der Waals surface area (Å²) in [5.74, 6) is -5.09. The number of benzene rings is 2. The molecule has 4 N–H and O–H groups in total. The number of anilines is 6. The highest BCUT2D eigenvalue weighted by Gasteiger charge is 2.47. The van der Waals surface area contributed by atoms with Gasteiger partial charge in [-0.05, 0) is 94.8 Å². The minimum absolute atomic E-state index is 0.103. The van der Waals surface area contributed by atoms with Gasteiger partial charge in [0.2, 0.25) is 17.8 Å². The van der Waals surface area contributed by atoms with E-state index in [2.05, 4.69) is 41.1 Å². The van der Waals surface area contributed by atoms with Crippen molar-refractivity contribution in [1.29, 1.82) is 0 Å². The van der Waals surface area contributed by atoms with E-state index in [0.717, 1.165) is 49.4 Å². The molecule has 19 heteroatoms. The number of imide groups is 1. The Morgan fingerprint density at radius 1 is 1.00 bits per heavy atom. The third-order valence-electron chi connectivity index (χ3n) is 12.0. The zero-order valence-electron chi connectivity index (χ0n) is 35.2. The minimum Gasteiger partial charge on any atom is -0.495 e. The van der Waals surface area contributed by atoms with Crippen LogP contribution >= 0.6 is 0 Å². The van der Waals surface area contributed by atoms with Crippen LogP contribution in [0.25, 0.3) is 0 Å². The van der Waals surface area contributed by atoms with E-state index in [1.54, 1.807) is 32.0 Å². The number of fused-ring (bicyclic) bond motifs is 1. The molecule has 0 saturated carbocycles. The molecule has 3 fully saturated rings. The van der Waals surface area contributed by atoms with Gasteiger partial charge in [0, 0.05) is 70.0 Å². The summed E-state index contributed by atoms with van der Waals surface area (Å²) in [7, 11) is 2.75. The highest BCUT2D eigenvalue weighted by Crippen LogP contribution is 2.38. The highest BCUT2D eigenvalue weighted by molar-refractivity contribution is 6.02. The van der Waals surface area contributed by atoms with Gasteiger partial charge in [-0.1, -0.05) is 0 Å². The molecule has 328 valence electrons. The topological polar surface area (TPSA) is 168 Å². The summed E-state index contributed by atoms with van der Waals surface area (Å²) in [5.41, 5.74) is 5.96. The number of rotatable bonds is 12. The molecule has 5 heterocycles. The van der Waals surface area contributed by atoms with Gasteiger partial charge in [0.15, 0.2) is 5.82 Å². The zero-order valence-corrected chi connectivity index (χ0v) is 35.2. The second-order valence-corrected chi connectivity index (χ2v) is 16.5. The molecule has 2 aromatic carbocycles. The predicted molar refractivity (Wildman–Crippen MR) is 225 cm³/mol. The van der Waals surface area contributed by atoms with E-state index in [-0.39, 0.29) is 47.5 Å². The third kappa shape index (κ3) is 9.77. The van der Waals surface area contributed by atoms with E-state index in [1.807, 2.05) is 18.0 Å². The van der Waals surface area contributed by atoms with Gasteiger partial charge in [-0.15, -0.1) is 0 Å². The summed E-state index contributed by atoms with van der Waals surface area (Å²) < 4.78 is 50.4. The van der Waals surface area contributed by atoms with E-state index in [4.69, 9.17) is 4.74 Å². The number of hydrazine groups is 1. The number of ether oxygens (including phenoxy) is 1. The number of methoxy groups -OCH3 is 1. The Labute approximate surface area is 353 Å². The number of hydrogen-bond donors (Lipinski definition) is 4. The lowest BCUT2D eigenvalue weighted by molar-refractivity contribution is -0.140. The number of alkyl halides is 2. The number of aromatic nitrogens is 2. The number of piperidine rings is 2. The molecule has 1 atom stereocenters. The van der Waals surface area contributed by atoms with Crippen LogP contribution < -0.4 is 40.8 Å². The summed E-state index contributed by atoms with van der Waals surface area (Å²) in [4.78, 5) is 65.1. The standard InChI is InChI=1S/C42H54F3N11O5/c1-25(2)56-24-42(44,45)40(60)52(4)34-23-46-41(50-37(34)56)48-30-7-6-28(21-35(30)61-5)38(58)51-55-14-11-27(12-15-55)10-13-53-16-18-54(19-17-53)33-20-26(3)32(22-29(33)43)47-31-8-9-36(57)49-39(31)59/h6-7,20-23,25,27,31,47H,8-19,24H2,1-5H3,(H,51,58)(H,46,48,50)(H,49,57,59). The van der Waals surface area contributed by atoms with Crippen molar-refractivity contribution in [1.82, 2.24) is 30.6 Å². The van der Waals surface area contributed by atoms with E-state index in [0.29, 0.717) is 66.9 Å². The van der Waals surface area contributed by atoms with Crippen molar-refractivity contribution in [3.05, 3.63) is 53.5 Å². The van der Waals surface area contributed by atoms with E-state index in [1.165, 1.54) is 31.3 Å². The Kier molecular flexibility index (Phi) is 12.9. The van der Waals surface area contributed by atoms with Crippen LogP contribution in [0.5, 0.6) is 5.75 Å². The SMILES string of the molecule is COc1cc(C(=O)NN2CCC(CCN3CCN(c4cc(C)c(NC5CCC(=O)NC5=O)cc4F)CC3)CC2)ccc1Nc1ncc2c(n1)N(C(C)C)CC(F)(F)C(=O)N2C. The fraction of sp³-hybridized carbons (Fsp3) is 0.524. The maximum absolute atomic E-state index is 15.3. The summed E-state index contributed by atoms with van der Waals surface area (Å²) >= 11 is 0. The molecule has 4 aliphatic rings. The first-order valence-electron chi connectivity index (χ1n) is 20.8. The molecule has 3 aromatic rings. The number of aryl methyl sites for hydroxylation is 1. The average Bonchev–Trinajstić information content (AvgIpc) is 3.31. The Morgan fingerprint density at radius 3 is 2.43 bits per heavy atom. The molecule has 61 heavy (non-hydrogen) atoms. The molecule has 0 radical (unpaired) electrons. The highest BCUT2D eigenvalue weighted by atomic mass is 19.3. The second kappa shape index (κ2) is 18.1. The molecule has 16 nitrogen and oxygen atoms in total. The first-order valence-corrected chi connectivity index (χ1v) is 20.8. The Balaban J connectivity index is 0.863. The lowest BCUT2D eigenvalue weighted by Crippen LogP contribution is -2.48. The van der Waals surface area contributed by atoms with Crippen LogP contribution in [0.3, 0.4) is 0 Å². The minimum atomic E-state index is -3.61. The van der Waals surface area contributed by atoms with Gasteiger partial charge in [0.1, 0.15) is 23.3 Å². The lowest BCUT2D eigenvalue weighted by Gasteiger charge is -2.38. The van der Waals surface area contributed by atoms with Crippen molar-refractivity contribution < 1.29 is 37.1 Å². The van der Waals surface area contributed by atoms with Gasteiger partial charge < -0.3 is 30.1 Å². The first-order chi connectivity index (χ1) is 29.1. The van der Waals surface area contributed by atoms with Crippen LogP contribution in [0.1, 0.15) is 61.9 Å². The van der Waals surface area contributed by atoms with Gasteiger partial charge in [-0.2, -0.15) is 13.8 Å². The number of nitrogens with zero attached hydrogens (tertiary/aromatic N) is 7. The average molecular weight is 850 g/mol. The molecule has 0 aliphatic carbocycles. The van der Waals surface area contributed by atoms with Crippen LogP contribution in [0, 0.1) is 18.7 Å². The number of halogens is 3. The molecule has 4 aliphatic heterocycles. The second-order valence-electron chi connectivity index (χ2n) is 16.5. The van der Waals surface area contributed by atoms with E-state index >= 15 is 4.39 Å². The van der Waals surface area contributed by atoms with Crippen LogP contribution in [-0.2, 0) is 14.4 Å². The van der Waals surface area contributed by atoms with Gasteiger partial charge in [0.25, 0.3) is 11.8 Å². The van der Waals surface area contributed by atoms with E-state index in [9.17, 15) is 28.0 Å². The number of carbonyl (C=O) groups excluding carboxylic acids is 4. The van der Waals surface area contributed by atoms with Crippen LogP contribution in [0.2, 0.25) is 0 Å². The van der Waals surface area contributed by atoms with Gasteiger partial charge in [-0.25, -0.2) is 14.4 Å². The number of nitrogens with one attached hydrogen (secondary N) is 4. The maximum Gasteiger partial charge on any atom is 0.342 e. The molecule has 0 bridgehead atoms. The number of piperazine rings is 1. The van der Waals surface area contributed by atoms with Crippen LogP contribution in [0.4, 0.5) is 47.7 Å². The van der Waals surface area contributed by atoms with Crippen molar-refractivity contribution in [3.8, 4) is 5.75 Å². The summed E-state index contributed by atoms with van der Waals surface area (Å²) in [6.07, 6.45) is 4.86. The predicted octanol–water partition coefficient (Wildman–Crippen LogP) is 4.29. The summed E-state index contributed by atoms with van der Waals surface area (Å²) in [6.45, 7) is 9.96. The van der Waals surface area contributed by atoms with Crippen molar-refractivity contribution in [2.24, 2.45) is 5.92 Å². The van der Waals surface area contributed by atoms with Gasteiger partial charge >= 0.3 is 5.92 Å². The molecule has 1 unspecified atom stereocenters. The van der Waals surface area contributed by atoms with E-state index < -0.39 is 30.3 Å². The molecule has 0 spiro atoms. The summed E-state index contributed by atoms with van der Waals surface area (Å²) in [6, 6.07) is 7.22.